The Labute approximate surface area is 158 Å². The summed E-state index contributed by atoms with van der Waals surface area (Å²) in [5, 5.41) is 12.4. The molecule has 1 heterocycles. The highest BCUT2D eigenvalue weighted by atomic mass is 16.6. The first kappa shape index (κ1) is 22.4. The van der Waals surface area contributed by atoms with Crippen LogP contribution in [-0.2, 0) is 20.8 Å². The fraction of sp³-hybridized carbons (Fsp3) is 0.706. The first-order valence-electron chi connectivity index (χ1n) is 8.60. The molecule has 0 aliphatic carbocycles. The van der Waals surface area contributed by atoms with Crippen LogP contribution in [0.4, 0.5) is 4.79 Å². The van der Waals surface area contributed by atoms with E-state index >= 15 is 0 Å². The van der Waals surface area contributed by atoms with Crippen molar-refractivity contribution in [2.24, 2.45) is 5.41 Å². The molecule has 0 bridgehead atoms. The smallest absolute Gasteiger partial charge is 0.408 e. The second-order valence-corrected chi connectivity index (χ2v) is 7.88. The number of carbonyl (C=O) groups excluding carboxylic acids is 3. The normalized spacial score (nSPS) is 12.9. The van der Waals surface area contributed by atoms with Crippen LogP contribution in [0.2, 0.25) is 0 Å². The van der Waals surface area contributed by atoms with Crippen LogP contribution in [0.25, 0.3) is 0 Å². The summed E-state index contributed by atoms with van der Waals surface area (Å²) in [4.78, 5) is 36.1. The minimum absolute atomic E-state index is 0.0383. The van der Waals surface area contributed by atoms with Crippen LogP contribution >= 0.6 is 0 Å². The average molecular weight is 384 g/mol. The lowest BCUT2D eigenvalue weighted by Crippen LogP contribution is -2.54. The molecule has 1 aromatic rings. The molecule has 152 valence electrons. The van der Waals surface area contributed by atoms with E-state index in [9.17, 15) is 14.4 Å². The molecule has 0 aliphatic heterocycles. The minimum Gasteiger partial charge on any atom is -0.459 e. The molecule has 0 saturated heterocycles. The van der Waals surface area contributed by atoms with Crippen molar-refractivity contribution >= 4 is 18.0 Å². The number of hydrogen-bond acceptors (Lipinski definition) is 8. The number of carbonyl (C=O) groups is 3. The number of ether oxygens (including phenoxy) is 2. The van der Waals surface area contributed by atoms with Crippen molar-refractivity contribution in [2.75, 3.05) is 6.61 Å². The monoisotopic (exact) mass is 384 g/mol. The molecule has 1 unspecified atom stereocenters. The van der Waals surface area contributed by atoms with E-state index < -0.39 is 35.0 Å². The zero-order valence-electron chi connectivity index (χ0n) is 16.8. The van der Waals surface area contributed by atoms with Crippen LogP contribution in [0.5, 0.6) is 0 Å². The third-order valence-electron chi connectivity index (χ3n) is 3.12. The highest BCUT2D eigenvalue weighted by Crippen LogP contribution is 2.20. The summed E-state index contributed by atoms with van der Waals surface area (Å²) in [7, 11) is 0. The standard InChI is InChI=1S/C17H28N4O6/c1-8-25-14(23)13-21-20-10(26-13)9-18-12(22)11(16(2,3)4)19-15(24)27-17(5,6)7/h11H,8-9H2,1-7H3,(H,18,22)(H,19,24). The largest absolute Gasteiger partial charge is 0.459 e. The van der Waals surface area contributed by atoms with Crippen LogP contribution < -0.4 is 10.6 Å². The van der Waals surface area contributed by atoms with Gasteiger partial charge in [0.05, 0.1) is 13.2 Å². The molecule has 1 rings (SSSR count). The van der Waals surface area contributed by atoms with Crippen molar-refractivity contribution in [2.45, 2.75) is 66.7 Å². The molecule has 10 heteroatoms. The molecule has 0 aliphatic rings. The first-order valence-corrected chi connectivity index (χ1v) is 8.60. The van der Waals surface area contributed by atoms with Crippen molar-refractivity contribution < 1.29 is 28.3 Å². The lowest BCUT2D eigenvalue weighted by atomic mass is 9.86. The average Bonchev–Trinajstić information content (AvgIpc) is 2.97. The third kappa shape index (κ3) is 7.63. The number of amides is 2. The van der Waals surface area contributed by atoms with E-state index in [4.69, 9.17) is 13.9 Å². The van der Waals surface area contributed by atoms with E-state index in [1.807, 2.05) is 0 Å². The van der Waals surface area contributed by atoms with Gasteiger partial charge in [-0.15, -0.1) is 10.2 Å². The van der Waals surface area contributed by atoms with Crippen molar-refractivity contribution in [1.82, 2.24) is 20.8 Å². The Morgan fingerprint density at radius 1 is 1.11 bits per heavy atom. The Balaban J connectivity index is 2.72. The van der Waals surface area contributed by atoms with Gasteiger partial charge in [-0.3, -0.25) is 4.79 Å². The molecule has 0 aromatic carbocycles. The van der Waals surface area contributed by atoms with E-state index in [0.29, 0.717) is 0 Å². The van der Waals surface area contributed by atoms with Gasteiger partial charge in [0, 0.05) is 0 Å². The van der Waals surface area contributed by atoms with Crippen LogP contribution in [0.3, 0.4) is 0 Å². The number of aromatic nitrogens is 2. The van der Waals surface area contributed by atoms with Gasteiger partial charge in [0.25, 0.3) is 0 Å². The summed E-state index contributed by atoms with van der Waals surface area (Å²) >= 11 is 0. The summed E-state index contributed by atoms with van der Waals surface area (Å²) in [5.41, 5.74) is -1.26. The molecule has 0 fully saturated rings. The molecule has 10 nitrogen and oxygen atoms in total. The number of alkyl carbamates (subject to hydrolysis) is 1. The van der Waals surface area contributed by atoms with E-state index in [1.165, 1.54) is 0 Å². The van der Waals surface area contributed by atoms with Crippen LogP contribution in [0.1, 0.15) is 65.0 Å². The summed E-state index contributed by atoms with van der Waals surface area (Å²) in [6, 6.07) is -0.861. The maximum absolute atomic E-state index is 12.5. The van der Waals surface area contributed by atoms with Gasteiger partial charge >= 0.3 is 18.0 Å². The van der Waals surface area contributed by atoms with Crippen molar-refractivity contribution in [3.05, 3.63) is 11.8 Å². The Morgan fingerprint density at radius 3 is 2.26 bits per heavy atom. The van der Waals surface area contributed by atoms with Gasteiger partial charge in [-0.05, 0) is 33.1 Å². The molecule has 0 saturated carbocycles. The first-order chi connectivity index (χ1) is 12.3. The molecule has 2 N–H and O–H groups in total. The number of esters is 1. The number of hydrogen-bond donors (Lipinski definition) is 2. The fourth-order valence-corrected chi connectivity index (χ4v) is 1.97. The maximum Gasteiger partial charge on any atom is 0.408 e. The van der Waals surface area contributed by atoms with Crippen molar-refractivity contribution in [1.29, 1.82) is 0 Å². The van der Waals surface area contributed by atoms with Gasteiger partial charge in [-0.2, -0.15) is 0 Å². The van der Waals surface area contributed by atoms with Gasteiger partial charge in [0.2, 0.25) is 11.8 Å². The Kier molecular flexibility index (Phi) is 7.32. The Morgan fingerprint density at radius 2 is 1.74 bits per heavy atom. The second kappa shape index (κ2) is 8.83. The zero-order valence-corrected chi connectivity index (χ0v) is 16.8. The van der Waals surface area contributed by atoms with Crippen LogP contribution in [0, 0.1) is 5.41 Å². The van der Waals surface area contributed by atoms with E-state index in [1.54, 1.807) is 48.5 Å². The second-order valence-electron chi connectivity index (χ2n) is 7.88. The topological polar surface area (TPSA) is 133 Å². The molecule has 2 amide bonds. The van der Waals surface area contributed by atoms with Crippen molar-refractivity contribution in [3.63, 3.8) is 0 Å². The molecule has 1 atom stereocenters. The summed E-state index contributed by atoms with van der Waals surface area (Å²) < 4.78 is 15.1. The number of nitrogens with one attached hydrogen (secondary N) is 2. The lowest BCUT2D eigenvalue weighted by Gasteiger charge is -2.31. The van der Waals surface area contributed by atoms with E-state index in [2.05, 4.69) is 20.8 Å². The maximum atomic E-state index is 12.5. The third-order valence-corrected chi connectivity index (χ3v) is 3.12. The molecule has 0 radical (unpaired) electrons. The number of rotatable bonds is 6. The summed E-state index contributed by atoms with van der Waals surface area (Å²) in [6.07, 6.45) is -0.694. The molecule has 0 spiro atoms. The Hall–Kier alpha value is -2.65. The van der Waals surface area contributed by atoms with Gasteiger partial charge in [-0.25, -0.2) is 9.59 Å². The highest BCUT2D eigenvalue weighted by molar-refractivity contribution is 5.86. The van der Waals surface area contributed by atoms with Crippen LogP contribution in [0.15, 0.2) is 4.42 Å². The Bertz CT molecular complexity index is 672. The summed E-state index contributed by atoms with van der Waals surface area (Å²) in [6.45, 7) is 12.3. The predicted molar refractivity (Wildman–Crippen MR) is 94.7 cm³/mol. The van der Waals surface area contributed by atoms with Crippen LogP contribution in [-0.4, -0.2) is 46.4 Å². The summed E-state index contributed by atoms with van der Waals surface area (Å²) in [5.74, 6) is -1.44. The zero-order chi connectivity index (χ0) is 20.8. The quantitative estimate of drug-likeness (QED) is 0.710. The van der Waals surface area contributed by atoms with E-state index in [-0.39, 0.29) is 24.9 Å². The molecule has 27 heavy (non-hydrogen) atoms. The molecule has 1 aromatic heterocycles. The molecular weight excluding hydrogens is 356 g/mol. The number of nitrogens with zero attached hydrogens (tertiary/aromatic N) is 2. The SMILES string of the molecule is CCOC(=O)c1nnc(CNC(=O)C(NC(=O)OC(C)(C)C)C(C)(C)C)o1. The lowest BCUT2D eigenvalue weighted by molar-refractivity contribution is -0.125. The van der Waals surface area contributed by atoms with Gasteiger partial charge in [0.1, 0.15) is 11.6 Å². The van der Waals surface area contributed by atoms with Gasteiger partial charge in [-0.1, -0.05) is 20.8 Å². The van der Waals surface area contributed by atoms with E-state index in [0.717, 1.165) is 0 Å². The van der Waals surface area contributed by atoms with Crippen molar-refractivity contribution in [3.8, 4) is 0 Å². The predicted octanol–water partition coefficient (Wildman–Crippen LogP) is 1.80. The van der Waals surface area contributed by atoms with Gasteiger partial charge in [0.15, 0.2) is 0 Å². The highest BCUT2D eigenvalue weighted by Gasteiger charge is 2.34. The fourth-order valence-electron chi connectivity index (χ4n) is 1.97. The van der Waals surface area contributed by atoms with Gasteiger partial charge < -0.3 is 24.5 Å². The minimum atomic E-state index is -0.861. The molecular formula is C17H28N4O6.